The molecule has 1 N–H and O–H groups in total. The summed E-state index contributed by atoms with van der Waals surface area (Å²) in [7, 11) is 0. The smallest absolute Gasteiger partial charge is 0.123 e. The molecule has 0 bridgehead atoms. The lowest BCUT2D eigenvalue weighted by molar-refractivity contribution is 0.507. The van der Waals surface area contributed by atoms with Crippen molar-refractivity contribution < 1.29 is 4.39 Å². The van der Waals surface area contributed by atoms with Gasteiger partial charge in [-0.3, -0.25) is 0 Å². The molecule has 1 aliphatic rings. The van der Waals surface area contributed by atoms with Crippen molar-refractivity contribution in [1.82, 2.24) is 15.1 Å². The van der Waals surface area contributed by atoms with Gasteiger partial charge in [-0.1, -0.05) is 0 Å². The van der Waals surface area contributed by atoms with E-state index < -0.39 is 0 Å². The van der Waals surface area contributed by atoms with Crippen LogP contribution < -0.4 is 5.32 Å². The monoisotopic (exact) mass is 291 g/mol. The van der Waals surface area contributed by atoms with Crippen LogP contribution in [0.25, 0.3) is 5.69 Å². The van der Waals surface area contributed by atoms with Crippen molar-refractivity contribution in [3.63, 3.8) is 0 Å². The number of aromatic nitrogens is 2. The Morgan fingerprint density at radius 3 is 2.95 bits per heavy atom. The van der Waals surface area contributed by atoms with Gasteiger partial charge in [0.2, 0.25) is 0 Å². The van der Waals surface area contributed by atoms with Crippen molar-refractivity contribution >= 4 is 11.8 Å². The zero-order chi connectivity index (χ0) is 13.8. The summed E-state index contributed by atoms with van der Waals surface area (Å²) < 4.78 is 14.7. The highest BCUT2D eigenvalue weighted by Crippen LogP contribution is 2.17. The predicted molar refractivity (Wildman–Crippen MR) is 80.7 cm³/mol. The van der Waals surface area contributed by atoms with Crippen LogP contribution in [0.15, 0.2) is 36.7 Å². The van der Waals surface area contributed by atoms with E-state index >= 15 is 0 Å². The largest absolute Gasteiger partial charge is 0.309 e. The molecule has 0 radical (unpaired) electrons. The van der Waals surface area contributed by atoms with E-state index in [-0.39, 0.29) is 5.82 Å². The van der Waals surface area contributed by atoms with E-state index in [1.165, 1.54) is 36.5 Å². The summed E-state index contributed by atoms with van der Waals surface area (Å²) in [6.45, 7) is 0.840. The highest BCUT2D eigenvalue weighted by Gasteiger charge is 2.13. The molecule has 1 aliphatic heterocycles. The van der Waals surface area contributed by atoms with E-state index in [4.69, 9.17) is 0 Å². The second-order valence-electron chi connectivity index (χ2n) is 5.06. The van der Waals surface area contributed by atoms with Crippen LogP contribution in [0.1, 0.15) is 18.4 Å². The highest BCUT2D eigenvalue weighted by atomic mass is 32.2. The number of halogens is 1. The van der Waals surface area contributed by atoms with Crippen molar-refractivity contribution in [3.05, 3.63) is 48.0 Å². The van der Waals surface area contributed by atoms with Crippen molar-refractivity contribution in [2.45, 2.75) is 25.4 Å². The Kier molecular flexibility index (Phi) is 4.38. The molecule has 1 aromatic carbocycles. The molecule has 3 nitrogen and oxygen atoms in total. The van der Waals surface area contributed by atoms with Crippen molar-refractivity contribution in [2.75, 3.05) is 11.5 Å². The fraction of sp³-hybridized carbons (Fsp3) is 0.400. The number of thioether (sulfide) groups is 1. The van der Waals surface area contributed by atoms with E-state index in [0.29, 0.717) is 6.04 Å². The molecule has 2 heterocycles. The molecule has 2 aromatic rings. The molecule has 0 amide bonds. The summed E-state index contributed by atoms with van der Waals surface area (Å²) in [6, 6.07) is 6.99. The molecular weight excluding hydrogens is 273 g/mol. The maximum Gasteiger partial charge on any atom is 0.123 e. The molecule has 1 fully saturated rings. The molecule has 0 aliphatic carbocycles. The highest BCUT2D eigenvalue weighted by molar-refractivity contribution is 7.99. The molecule has 1 aromatic heterocycles. The first-order chi connectivity index (χ1) is 9.81. The SMILES string of the molecule is Fc1ccc(-n2cc(CN[C@@H]3CCCSC3)cn2)cc1. The van der Waals surface area contributed by atoms with Crippen LogP contribution in [-0.4, -0.2) is 27.3 Å². The molecule has 106 valence electrons. The third-order valence-electron chi connectivity index (χ3n) is 3.48. The number of rotatable bonds is 4. The molecule has 0 saturated carbocycles. The Bertz CT molecular complexity index is 547. The van der Waals surface area contributed by atoms with Crippen LogP contribution in [0.2, 0.25) is 0 Å². The maximum atomic E-state index is 12.9. The predicted octanol–water partition coefficient (Wildman–Crippen LogP) is 3.00. The minimum atomic E-state index is -0.224. The van der Waals surface area contributed by atoms with Gasteiger partial charge in [0.25, 0.3) is 0 Å². The summed E-state index contributed by atoms with van der Waals surface area (Å²) in [6.07, 6.45) is 6.43. The summed E-state index contributed by atoms with van der Waals surface area (Å²) in [5.41, 5.74) is 2.04. The first kappa shape index (κ1) is 13.6. The summed E-state index contributed by atoms with van der Waals surface area (Å²) in [5, 5.41) is 7.91. The van der Waals surface area contributed by atoms with Crippen molar-refractivity contribution in [2.24, 2.45) is 0 Å². The van der Waals surface area contributed by atoms with E-state index in [2.05, 4.69) is 10.4 Å². The fourth-order valence-corrected chi connectivity index (χ4v) is 3.46. The van der Waals surface area contributed by atoms with E-state index in [0.717, 1.165) is 17.8 Å². The third-order valence-corrected chi connectivity index (χ3v) is 4.70. The third kappa shape index (κ3) is 3.41. The summed E-state index contributed by atoms with van der Waals surface area (Å²) in [5.74, 6) is 2.27. The maximum absolute atomic E-state index is 12.9. The minimum absolute atomic E-state index is 0.224. The molecule has 0 unspecified atom stereocenters. The topological polar surface area (TPSA) is 29.9 Å². The Morgan fingerprint density at radius 1 is 1.35 bits per heavy atom. The van der Waals surface area contributed by atoms with Gasteiger partial charge >= 0.3 is 0 Å². The van der Waals surface area contributed by atoms with Crippen LogP contribution in [-0.2, 0) is 6.54 Å². The Hall–Kier alpha value is -1.33. The average Bonchev–Trinajstić information content (AvgIpc) is 2.96. The zero-order valence-corrected chi connectivity index (χ0v) is 12.1. The van der Waals surface area contributed by atoms with Crippen LogP contribution in [0.5, 0.6) is 0 Å². The van der Waals surface area contributed by atoms with Gasteiger partial charge in [0.15, 0.2) is 0 Å². The number of nitrogens with zero attached hydrogens (tertiary/aromatic N) is 2. The molecule has 1 saturated heterocycles. The van der Waals surface area contributed by atoms with E-state index in [1.54, 1.807) is 16.8 Å². The molecule has 3 rings (SSSR count). The number of benzene rings is 1. The lowest BCUT2D eigenvalue weighted by atomic mass is 10.2. The van der Waals surface area contributed by atoms with Gasteiger partial charge < -0.3 is 5.32 Å². The quantitative estimate of drug-likeness (QED) is 0.939. The number of hydrogen-bond donors (Lipinski definition) is 1. The molecular formula is C15H18FN3S. The fourth-order valence-electron chi connectivity index (χ4n) is 2.35. The lowest BCUT2D eigenvalue weighted by Crippen LogP contribution is -2.33. The van der Waals surface area contributed by atoms with Crippen molar-refractivity contribution in [3.8, 4) is 5.69 Å². The Labute approximate surface area is 122 Å². The van der Waals surface area contributed by atoms with Crippen LogP contribution in [0.4, 0.5) is 4.39 Å². The van der Waals surface area contributed by atoms with Gasteiger partial charge in [-0.05, 0) is 42.9 Å². The standard InChI is InChI=1S/C15H18FN3S/c16-13-3-5-15(6-4-13)19-10-12(9-18-19)8-17-14-2-1-7-20-11-14/h3-6,9-10,14,17H,1-2,7-8,11H2/t14-/m1/s1. The first-order valence-electron chi connectivity index (χ1n) is 6.92. The van der Waals surface area contributed by atoms with Gasteiger partial charge in [0.1, 0.15) is 5.82 Å². The molecule has 20 heavy (non-hydrogen) atoms. The number of nitrogens with one attached hydrogen (secondary N) is 1. The van der Waals surface area contributed by atoms with E-state index in [1.807, 2.05) is 24.2 Å². The van der Waals surface area contributed by atoms with Gasteiger partial charge in [-0.15, -0.1) is 0 Å². The molecule has 5 heteroatoms. The minimum Gasteiger partial charge on any atom is -0.309 e. The van der Waals surface area contributed by atoms with E-state index in [9.17, 15) is 4.39 Å². The second kappa shape index (κ2) is 6.41. The molecule has 1 atom stereocenters. The average molecular weight is 291 g/mol. The molecule has 0 spiro atoms. The van der Waals surface area contributed by atoms with Gasteiger partial charge in [-0.2, -0.15) is 16.9 Å². The van der Waals surface area contributed by atoms with Crippen molar-refractivity contribution in [1.29, 1.82) is 0 Å². The normalized spacial score (nSPS) is 19.1. The van der Waals surface area contributed by atoms with Crippen LogP contribution in [0, 0.1) is 5.82 Å². The first-order valence-corrected chi connectivity index (χ1v) is 8.07. The van der Waals surface area contributed by atoms with Gasteiger partial charge in [0, 0.05) is 30.1 Å². The summed E-state index contributed by atoms with van der Waals surface area (Å²) >= 11 is 2.02. The zero-order valence-electron chi connectivity index (χ0n) is 11.3. The summed E-state index contributed by atoms with van der Waals surface area (Å²) in [4.78, 5) is 0. The lowest BCUT2D eigenvalue weighted by Gasteiger charge is -2.22. The van der Waals surface area contributed by atoms with Crippen LogP contribution >= 0.6 is 11.8 Å². The van der Waals surface area contributed by atoms with Gasteiger partial charge in [-0.25, -0.2) is 9.07 Å². The van der Waals surface area contributed by atoms with Gasteiger partial charge in [0.05, 0.1) is 11.9 Å². The van der Waals surface area contributed by atoms with Crippen LogP contribution in [0.3, 0.4) is 0 Å². The Balaban J connectivity index is 1.60. The second-order valence-corrected chi connectivity index (χ2v) is 6.21. The number of hydrogen-bond acceptors (Lipinski definition) is 3. The Morgan fingerprint density at radius 2 is 2.20 bits per heavy atom.